The second kappa shape index (κ2) is 9.59. The van der Waals surface area contributed by atoms with Gasteiger partial charge in [-0.3, -0.25) is 4.79 Å². The molecule has 3 rings (SSSR count). The highest BCUT2D eigenvalue weighted by Gasteiger charge is 2.15. The van der Waals surface area contributed by atoms with E-state index in [1.807, 2.05) is 12.1 Å². The molecular formula is C22H24N2O5S2. The Labute approximate surface area is 185 Å². The van der Waals surface area contributed by atoms with E-state index in [1.54, 1.807) is 50.2 Å². The molecule has 0 aliphatic rings. The van der Waals surface area contributed by atoms with Crippen molar-refractivity contribution in [2.75, 3.05) is 12.4 Å². The second-order valence-electron chi connectivity index (χ2n) is 7.32. The maximum absolute atomic E-state index is 12.3. The number of carbonyl (C=O) groups is 2. The first-order chi connectivity index (χ1) is 14.7. The molecule has 0 bridgehead atoms. The number of amides is 1. The van der Waals surface area contributed by atoms with Crippen molar-refractivity contribution in [3.63, 3.8) is 0 Å². The van der Waals surface area contributed by atoms with Gasteiger partial charge in [-0.15, -0.1) is 11.3 Å². The summed E-state index contributed by atoms with van der Waals surface area (Å²) < 4.78 is 32.6. The van der Waals surface area contributed by atoms with Crippen LogP contribution in [0, 0.1) is 0 Å². The van der Waals surface area contributed by atoms with Crippen LogP contribution >= 0.6 is 11.3 Å². The second-order valence-corrected chi connectivity index (χ2v) is 10.1. The summed E-state index contributed by atoms with van der Waals surface area (Å²) in [6, 6.07) is 13.5. The molecule has 1 aromatic heterocycles. The average molecular weight is 461 g/mol. The van der Waals surface area contributed by atoms with Crippen molar-refractivity contribution >= 4 is 49.0 Å². The van der Waals surface area contributed by atoms with Crippen LogP contribution in [0.5, 0.6) is 0 Å². The number of hydrogen-bond donors (Lipinski definition) is 2. The van der Waals surface area contributed by atoms with Crippen molar-refractivity contribution in [1.29, 1.82) is 0 Å². The standard InChI is InChI=1S/C22H24N2O5S2/c1-14(2)24-31(27,28)18-8-4-15(5-9-18)6-11-21(25)23-17-7-10-19-16(12-17)13-20(30-19)22(26)29-3/h4-5,7-10,12-14,24H,6,11H2,1-3H3,(H,23,25). The van der Waals surface area contributed by atoms with Gasteiger partial charge in [-0.1, -0.05) is 12.1 Å². The smallest absolute Gasteiger partial charge is 0.348 e. The molecule has 0 saturated carbocycles. The van der Waals surface area contributed by atoms with E-state index in [0.29, 0.717) is 17.0 Å². The van der Waals surface area contributed by atoms with Crippen molar-refractivity contribution in [2.45, 2.75) is 37.6 Å². The predicted molar refractivity (Wildman–Crippen MR) is 122 cm³/mol. The SMILES string of the molecule is COC(=O)c1cc2cc(NC(=O)CCc3ccc(S(=O)(=O)NC(C)C)cc3)ccc2s1. The molecule has 1 heterocycles. The van der Waals surface area contributed by atoms with E-state index >= 15 is 0 Å². The van der Waals surface area contributed by atoms with Crippen LogP contribution < -0.4 is 10.0 Å². The number of rotatable bonds is 8. The highest BCUT2D eigenvalue weighted by Crippen LogP contribution is 2.28. The third-order valence-corrected chi connectivity index (χ3v) is 7.22. The van der Waals surface area contributed by atoms with Crippen LogP contribution in [-0.4, -0.2) is 33.4 Å². The fourth-order valence-corrected chi connectivity index (χ4v) is 5.23. The number of ether oxygens (including phenoxy) is 1. The van der Waals surface area contributed by atoms with Gasteiger partial charge in [0, 0.05) is 22.8 Å². The molecule has 0 radical (unpaired) electrons. The van der Waals surface area contributed by atoms with E-state index in [9.17, 15) is 18.0 Å². The van der Waals surface area contributed by atoms with E-state index in [2.05, 4.69) is 10.0 Å². The number of aryl methyl sites for hydroxylation is 1. The molecule has 0 spiro atoms. The fourth-order valence-electron chi connectivity index (χ4n) is 3.02. The molecule has 1 amide bonds. The third-order valence-electron chi connectivity index (χ3n) is 4.45. The van der Waals surface area contributed by atoms with Gasteiger partial charge < -0.3 is 10.1 Å². The van der Waals surface area contributed by atoms with Gasteiger partial charge in [0.2, 0.25) is 15.9 Å². The number of benzene rings is 2. The van der Waals surface area contributed by atoms with Crippen molar-refractivity contribution < 1.29 is 22.7 Å². The highest BCUT2D eigenvalue weighted by molar-refractivity contribution is 7.89. The lowest BCUT2D eigenvalue weighted by Gasteiger charge is -2.10. The number of methoxy groups -OCH3 is 1. The lowest BCUT2D eigenvalue weighted by atomic mass is 10.1. The predicted octanol–water partition coefficient (Wildman–Crippen LogP) is 3.95. The summed E-state index contributed by atoms with van der Waals surface area (Å²) in [7, 11) is -2.19. The summed E-state index contributed by atoms with van der Waals surface area (Å²) in [5.41, 5.74) is 1.52. The number of thiophene rings is 1. The van der Waals surface area contributed by atoms with Gasteiger partial charge in [-0.05, 0) is 67.6 Å². The highest BCUT2D eigenvalue weighted by atomic mass is 32.2. The van der Waals surface area contributed by atoms with Crippen LogP contribution in [0.2, 0.25) is 0 Å². The first-order valence-corrected chi connectivity index (χ1v) is 12.0. The first-order valence-electron chi connectivity index (χ1n) is 9.71. The monoisotopic (exact) mass is 460 g/mol. The molecule has 2 aromatic carbocycles. The summed E-state index contributed by atoms with van der Waals surface area (Å²) in [4.78, 5) is 24.7. The Morgan fingerprint density at radius 3 is 2.42 bits per heavy atom. The molecule has 0 aliphatic heterocycles. The zero-order valence-electron chi connectivity index (χ0n) is 17.5. The van der Waals surface area contributed by atoms with Crippen LogP contribution in [0.15, 0.2) is 53.4 Å². The van der Waals surface area contributed by atoms with Crippen LogP contribution in [0.1, 0.15) is 35.5 Å². The molecule has 3 aromatic rings. The largest absolute Gasteiger partial charge is 0.465 e. The zero-order valence-corrected chi connectivity index (χ0v) is 19.1. The summed E-state index contributed by atoms with van der Waals surface area (Å²) in [6.45, 7) is 3.53. The molecule has 0 saturated heterocycles. The van der Waals surface area contributed by atoms with E-state index in [4.69, 9.17) is 4.74 Å². The van der Waals surface area contributed by atoms with Crippen molar-refractivity contribution in [1.82, 2.24) is 4.72 Å². The van der Waals surface area contributed by atoms with Gasteiger partial charge in [-0.25, -0.2) is 17.9 Å². The first kappa shape index (κ1) is 22.9. The van der Waals surface area contributed by atoms with Gasteiger partial charge in [0.25, 0.3) is 0 Å². The van der Waals surface area contributed by atoms with Crippen molar-refractivity contribution in [2.24, 2.45) is 0 Å². The molecule has 31 heavy (non-hydrogen) atoms. The van der Waals surface area contributed by atoms with Gasteiger partial charge in [0.1, 0.15) is 4.88 Å². The molecule has 9 heteroatoms. The number of nitrogens with one attached hydrogen (secondary N) is 2. The zero-order chi connectivity index (χ0) is 22.6. The van der Waals surface area contributed by atoms with E-state index in [1.165, 1.54) is 18.4 Å². The topological polar surface area (TPSA) is 102 Å². The van der Waals surface area contributed by atoms with Crippen LogP contribution in [0.4, 0.5) is 5.69 Å². The molecule has 0 fully saturated rings. The average Bonchev–Trinajstić information content (AvgIpc) is 3.14. The Bertz CT molecular complexity index is 1200. The van der Waals surface area contributed by atoms with E-state index in [0.717, 1.165) is 15.6 Å². The Kier molecular flexibility index (Phi) is 7.09. The summed E-state index contributed by atoms with van der Waals surface area (Å²) in [5.74, 6) is -0.536. The van der Waals surface area contributed by atoms with Gasteiger partial charge in [0.15, 0.2) is 0 Å². The Balaban J connectivity index is 1.59. The lowest BCUT2D eigenvalue weighted by Crippen LogP contribution is -2.30. The number of fused-ring (bicyclic) bond motifs is 1. The third kappa shape index (κ3) is 5.90. The van der Waals surface area contributed by atoms with Crippen molar-refractivity contribution in [3.05, 3.63) is 59.0 Å². The number of esters is 1. The van der Waals surface area contributed by atoms with Crippen LogP contribution in [0.3, 0.4) is 0 Å². The molecule has 7 nitrogen and oxygen atoms in total. The molecular weight excluding hydrogens is 436 g/mol. The molecule has 0 atom stereocenters. The van der Waals surface area contributed by atoms with Crippen LogP contribution in [-0.2, 0) is 26.0 Å². The number of sulfonamides is 1. The molecule has 164 valence electrons. The van der Waals surface area contributed by atoms with E-state index < -0.39 is 10.0 Å². The molecule has 2 N–H and O–H groups in total. The maximum atomic E-state index is 12.3. The normalized spacial score (nSPS) is 11.6. The minimum atomic E-state index is -3.53. The summed E-state index contributed by atoms with van der Waals surface area (Å²) in [6.07, 6.45) is 0.738. The number of anilines is 1. The quantitative estimate of drug-likeness (QED) is 0.496. The maximum Gasteiger partial charge on any atom is 0.348 e. The molecule has 0 unspecified atom stereocenters. The number of hydrogen-bond acceptors (Lipinski definition) is 6. The van der Waals surface area contributed by atoms with Crippen molar-refractivity contribution in [3.8, 4) is 0 Å². The van der Waals surface area contributed by atoms with Gasteiger partial charge in [-0.2, -0.15) is 0 Å². The van der Waals surface area contributed by atoms with Gasteiger partial charge >= 0.3 is 5.97 Å². The lowest BCUT2D eigenvalue weighted by molar-refractivity contribution is -0.116. The number of carbonyl (C=O) groups excluding carboxylic acids is 2. The summed E-state index contributed by atoms with van der Waals surface area (Å²) in [5, 5.41) is 3.71. The minimum absolute atomic E-state index is 0.152. The molecule has 0 aliphatic carbocycles. The Morgan fingerprint density at radius 2 is 1.77 bits per heavy atom. The Morgan fingerprint density at radius 1 is 1.06 bits per heavy atom. The van der Waals surface area contributed by atoms with Crippen LogP contribution in [0.25, 0.3) is 10.1 Å². The Hall–Kier alpha value is -2.75. The van der Waals surface area contributed by atoms with Gasteiger partial charge in [0.05, 0.1) is 12.0 Å². The summed E-state index contributed by atoms with van der Waals surface area (Å²) >= 11 is 1.34. The van der Waals surface area contributed by atoms with E-state index in [-0.39, 0.29) is 29.2 Å². The fraction of sp³-hybridized carbons (Fsp3) is 0.273. The minimum Gasteiger partial charge on any atom is -0.465 e.